The molecule has 0 aromatic heterocycles. The van der Waals surface area contributed by atoms with Gasteiger partial charge in [0.25, 0.3) is 0 Å². The van der Waals surface area contributed by atoms with Crippen molar-refractivity contribution in [3.05, 3.63) is 0 Å². The van der Waals surface area contributed by atoms with E-state index in [-0.39, 0.29) is 37.0 Å². The molecule has 0 bridgehead atoms. The Morgan fingerprint density at radius 2 is 1.71 bits per heavy atom. The quantitative estimate of drug-likeness (QED) is 0.591. The summed E-state index contributed by atoms with van der Waals surface area (Å²) in [4.78, 5) is 45.4. The Morgan fingerprint density at radius 3 is 2.19 bits per heavy atom. The molecule has 21 heavy (non-hydrogen) atoms. The minimum atomic E-state index is -0.657. The summed E-state index contributed by atoms with van der Waals surface area (Å²) < 4.78 is 4.43. The van der Waals surface area contributed by atoms with Crippen LogP contribution in [-0.4, -0.2) is 43.3 Å². The van der Waals surface area contributed by atoms with Gasteiger partial charge in [-0.3, -0.25) is 19.2 Å². The van der Waals surface area contributed by atoms with Crippen LogP contribution in [0.5, 0.6) is 0 Å². The van der Waals surface area contributed by atoms with E-state index in [0.717, 1.165) is 0 Å². The van der Waals surface area contributed by atoms with E-state index >= 15 is 0 Å². The van der Waals surface area contributed by atoms with Crippen molar-refractivity contribution in [1.82, 2.24) is 10.6 Å². The molecule has 0 aromatic rings. The van der Waals surface area contributed by atoms with Gasteiger partial charge in [0.15, 0.2) is 5.78 Å². The fraction of sp³-hybridized carbons (Fsp3) is 0.714. The van der Waals surface area contributed by atoms with E-state index in [9.17, 15) is 19.2 Å². The molecular weight excluding hydrogens is 276 g/mol. The first-order chi connectivity index (χ1) is 9.76. The second-order valence-electron chi connectivity index (χ2n) is 5.22. The summed E-state index contributed by atoms with van der Waals surface area (Å²) in [5.41, 5.74) is 0. The van der Waals surface area contributed by atoms with E-state index in [1.54, 1.807) is 0 Å². The summed E-state index contributed by atoms with van der Waals surface area (Å²) in [6.07, 6.45) is 0.496. The van der Waals surface area contributed by atoms with Crippen LogP contribution >= 0.6 is 0 Å². The normalized spacial score (nSPS) is 11.7. The molecule has 7 nitrogen and oxygen atoms in total. The molecule has 0 radical (unpaired) electrons. The average molecular weight is 300 g/mol. The molecule has 0 rings (SSSR count). The van der Waals surface area contributed by atoms with Crippen LogP contribution in [0.2, 0.25) is 0 Å². The molecule has 2 N–H and O–H groups in total. The third-order valence-corrected chi connectivity index (χ3v) is 2.70. The summed E-state index contributed by atoms with van der Waals surface area (Å²) in [5, 5.41) is 5.04. The van der Waals surface area contributed by atoms with Gasteiger partial charge < -0.3 is 15.4 Å². The molecule has 0 spiro atoms. The smallest absolute Gasteiger partial charge is 0.305 e. The van der Waals surface area contributed by atoms with Crippen molar-refractivity contribution >= 4 is 23.6 Å². The Kier molecular flexibility index (Phi) is 9.00. The number of nitrogens with one attached hydrogen (secondary N) is 2. The van der Waals surface area contributed by atoms with Crippen molar-refractivity contribution < 1.29 is 23.9 Å². The number of Topliss-reactive ketones (excluding diaryl/α,β-unsaturated/α-hetero) is 1. The average Bonchev–Trinajstić information content (AvgIpc) is 2.40. The SMILES string of the molecule is COC(=O)CCC(=O)CNC(=O)[C@H](CC(C)C)NC(C)=O. The topological polar surface area (TPSA) is 102 Å². The number of methoxy groups -OCH3 is 1. The van der Waals surface area contributed by atoms with E-state index in [1.807, 2.05) is 13.8 Å². The Hall–Kier alpha value is -1.92. The number of rotatable bonds is 9. The van der Waals surface area contributed by atoms with E-state index in [0.29, 0.717) is 6.42 Å². The van der Waals surface area contributed by atoms with Crippen molar-refractivity contribution in [1.29, 1.82) is 0 Å². The molecule has 0 aromatic carbocycles. The molecule has 0 fully saturated rings. The van der Waals surface area contributed by atoms with Gasteiger partial charge in [0, 0.05) is 13.3 Å². The number of ketones is 1. The van der Waals surface area contributed by atoms with Crippen LogP contribution in [0.3, 0.4) is 0 Å². The summed E-state index contributed by atoms with van der Waals surface area (Å²) in [6.45, 7) is 5.04. The van der Waals surface area contributed by atoms with Gasteiger partial charge in [0.05, 0.1) is 20.1 Å². The van der Waals surface area contributed by atoms with Crippen molar-refractivity contribution in [2.75, 3.05) is 13.7 Å². The predicted octanol–water partition coefficient (Wildman–Crippen LogP) is 0.176. The Bertz CT molecular complexity index is 393. The Morgan fingerprint density at radius 1 is 1.10 bits per heavy atom. The largest absolute Gasteiger partial charge is 0.469 e. The van der Waals surface area contributed by atoms with Crippen molar-refractivity contribution in [3.63, 3.8) is 0 Å². The lowest BCUT2D eigenvalue weighted by Gasteiger charge is -2.19. The lowest BCUT2D eigenvalue weighted by Crippen LogP contribution is -2.47. The highest BCUT2D eigenvalue weighted by molar-refractivity contribution is 5.91. The highest BCUT2D eigenvalue weighted by atomic mass is 16.5. The standard InChI is InChI=1S/C14H24N2O5/c1-9(2)7-12(16-10(3)17)14(20)15-8-11(18)5-6-13(19)21-4/h9,12H,5-8H2,1-4H3,(H,15,20)(H,16,17)/t12-/m0/s1. The molecule has 0 saturated heterocycles. The van der Waals surface area contributed by atoms with Gasteiger partial charge in [-0.2, -0.15) is 0 Å². The van der Waals surface area contributed by atoms with Gasteiger partial charge in [0.2, 0.25) is 11.8 Å². The van der Waals surface area contributed by atoms with Crippen LogP contribution < -0.4 is 10.6 Å². The molecule has 2 amide bonds. The number of esters is 1. The van der Waals surface area contributed by atoms with Gasteiger partial charge >= 0.3 is 5.97 Å². The molecule has 0 aliphatic carbocycles. The summed E-state index contributed by atoms with van der Waals surface area (Å²) in [6, 6.07) is -0.657. The van der Waals surface area contributed by atoms with Crippen LogP contribution in [-0.2, 0) is 23.9 Å². The Labute approximate surface area is 124 Å². The first kappa shape index (κ1) is 19.1. The number of carbonyl (C=O) groups excluding carboxylic acids is 4. The van der Waals surface area contributed by atoms with E-state index in [2.05, 4.69) is 15.4 Å². The minimum absolute atomic E-state index is 0.00762. The molecule has 0 unspecified atom stereocenters. The number of hydrogen-bond acceptors (Lipinski definition) is 5. The van der Waals surface area contributed by atoms with E-state index in [4.69, 9.17) is 0 Å². The maximum Gasteiger partial charge on any atom is 0.305 e. The third-order valence-electron chi connectivity index (χ3n) is 2.70. The van der Waals surface area contributed by atoms with Gasteiger partial charge in [-0.25, -0.2) is 0 Å². The molecule has 7 heteroatoms. The Balaban J connectivity index is 4.26. The molecule has 0 heterocycles. The molecular formula is C14H24N2O5. The number of ether oxygens (including phenoxy) is 1. The summed E-state index contributed by atoms with van der Waals surface area (Å²) in [7, 11) is 1.25. The monoisotopic (exact) mass is 300 g/mol. The maximum absolute atomic E-state index is 11.9. The maximum atomic E-state index is 11.9. The fourth-order valence-corrected chi connectivity index (χ4v) is 1.69. The number of hydrogen-bond donors (Lipinski definition) is 2. The van der Waals surface area contributed by atoms with Crippen LogP contribution in [0.25, 0.3) is 0 Å². The molecule has 0 aliphatic heterocycles. The van der Waals surface area contributed by atoms with Crippen LogP contribution in [0.15, 0.2) is 0 Å². The summed E-state index contributed by atoms with van der Waals surface area (Å²) >= 11 is 0. The van der Waals surface area contributed by atoms with Crippen LogP contribution in [0, 0.1) is 5.92 Å². The van der Waals surface area contributed by atoms with E-state index < -0.39 is 17.9 Å². The van der Waals surface area contributed by atoms with Gasteiger partial charge in [-0.1, -0.05) is 13.8 Å². The predicted molar refractivity (Wildman–Crippen MR) is 76.3 cm³/mol. The van der Waals surface area contributed by atoms with Crippen LogP contribution in [0.4, 0.5) is 0 Å². The van der Waals surface area contributed by atoms with Gasteiger partial charge in [0.1, 0.15) is 6.04 Å². The zero-order chi connectivity index (χ0) is 16.4. The highest BCUT2D eigenvalue weighted by Crippen LogP contribution is 2.05. The molecule has 120 valence electrons. The minimum Gasteiger partial charge on any atom is -0.469 e. The zero-order valence-electron chi connectivity index (χ0n) is 13.0. The van der Waals surface area contributed by atoms with Crippen molar-refractivity contribution in [3.8, 4) is 0 Å². The van der Waals surface area contributed by atoms with Gasteiger partial charge in [-0.15, -0.1) is 0 Å². The van der Waals surface area contributed by atoms with Crippen LogP contribution in [0.1, 0.15) is 40.0 Å². The second kappa shape index (κ2) is 9.90. The summed E-state index contributed by atoms with van der Waals surface area (Å²) in [5.74, 6) is -1.20. The molecule has 0 aliphatic rings. The first-order valence-electron chi connectivity index (χ1n) is 6.89. The number of carbonyl (C=O) groups is 4. The fourth-order valence-electron chi connectivity index (χ4n) is 1.69. The zero-order valence-corrected chi connectivity index (χ0v) is 13.0. The lowest BCUT2D eigenvalue weighted by atomic mass is 10.0. The lowest BCUT2D eigenvalue weighted by molar-refractivity contribution is -0.141. The molecule has 0 saturated carbocycles. The van der Waals surface area contributed by atoms with Crippen molar-refractivity contribution in [2.45, 2.75) is 46.1 Å². The van der Waals surface area contributed by atoms with Crippen molar-refractivity contribution in [2.24, 2.45) is 5.92 Å². The van der Waals surface area contributed by atoms with Gasteiger partial charge in [-0.05, 0) is 12.3 Å². The third kappa shape index (κ3) is 9.59. The van der Waals surface area contributed by atoms with E-state index in [1.165, 1.54) is 14.0 Å². The molecule has 1 atom stereocenters. The highest BCUT2D eigenvalue weighted by Gasteiger charge is 2.21. The second-order valence-corrected chi connectivity index (χ2v) is 5.22. The first-order valence-corrected chi connectivity index (χ1v) is 6.89. The number of amides is 2.